The van der Waals surface area contributed by atoms with Gasteiger partial charge in [-0.3, -0.25) is 0 Å². The molecule has 0 amide bonds. The summed E-state index contributed by atoms with van der Waals surface area (Å²) < 4.78 is 10.9. The fourth-order valence-corrected chi connectivity index (χ4v) is 3.85. The Morgan fingerprint density at radius 2 is 1.78 bits per heavy atom. The van der Waals surface area contributed by atoms with Gasteiger partial charge in [0.25, 0.3) is 0 Å². The molecular formula is C24H28ClNO6. The van der Waals surface area contributed by atoms with Crippen LogP contribution in [0, 0.1) is 0 Å². The zero-order valence-corrected chi connectivity index (χ0v) is 19.1. The predicted molar refractivity (Wildman–Crippen MR) is 119 cm³/mol. The van der Waals surface area contributed by atoms with E-state index in [-0.39, 0.29) is 0 Å². The van der Waals surface area contributed by atoms with Crippen molar-refractivity contribution in [3.8, 4) is 11.5 Å². The number of quaternary nitrogens is 1. The third-order valence-electron chi connectivity index (χ3n) is 5.45. The van der Waals surface area contributed by atoms with Crippen LogP contribution >= 0.6 is 11.6 Å². The van der Waals surface area contributed by atoms with Gasteiger partial charge >= 0.3 is 5.97 Å². The molecule has 2 aromatic rings. The van der Waals surface area contributed by atoms with Gasteiger partial charge < -0.3 is 29.4 Å². The molecule has 0 saturated heterocycles. The van der Waals surface area contributed by atoms with Crippen LogP contribution in [0.5, 0.6) is 11.5 Å². The minimum Gasteiger partial charge on any atom is -0.545 e. The summed E-state index contributed by atoms with van der Waals surface area (Å²) in [7, 11) is 3.39. The molecule has 0 fully saturated rings. The maximum absolute atomic E-state index is 9.53. The van der Waals surface area contributed by atoms with Gasteiger partial charge in [0, 0.05) is 29.5 Å². The second-order valence-electron chi connectivity index (χ2n) is 7.40. The number of ether oxygens (including phenoxy) is 2. The van der Waals surface area contributed by atoms with Gasteiger partial charge in [0.15, 0.2) is 11.5 Å². The SMILES string of the molecule is COc1cc2c(cc1OC)C(C)[NH+](CCc1ccc(Cl)cc1)CC2.O=C([O-])/C=C/C(=O)O. The molecule has 2 unspecified atom stereocenters. The molecule has 0 saturated carbocycles. The molecule has 1 aliphatic heterocycles. The van der Waals surface area contributed by atoms with E-state index in [4.69, 9.17) is 26.2 Å². The van der Waals surface area contributed by atoms with Gasteiger partial charge in [-0.25, -0.2) is 4.79 Å². The van der Waals surface area contributed by atoms with Crippen molar-refractivity contribution < 1.29 is 34.2 Å². The number of hydrogen-bond donors (Lipinski definition) is 2. The van der Waals surface area contributed by atoms with Gasteiger partial charge in [-0.2, -0.15) is 0 Å². The molecule has 2 atom stereocenters. The van der Waals surface area contributed by atoms with Crippen molar-refractivity contribution in [2.24, 2.45) is 0 Å². The van der Waals surface area contributed by atoms with Gasteiger partial charge in [0.2, 0.25) is 0 Å². The molecule has 1 heterocycles. The molecule has 0 spiro atoms. The molecule has 0 aliphatic carbocycles. The number of rotatable bonds is 7. The average Bonchev–Trinajstić information content (AvgIpc) is 2.78. The maximum Gasteiger partial charge on any atom is 0.328 e. The van der Waals surface area contributed by atoms with Crippen LogP contribution in [-0.2, 0) is 22.4 Å². The molecule has 0 radical (unpaired) electrons. The van der Waals surface area contributed by atoms with E-state index < -0.39 is 11.9 Å². The van der Waals surface area contributed by atoms with E-state index in [1.807, 2.05) is 12.1 Å². The number of carbonyl (C=O) groups is 2. The second kappa shape index (κ2) is 12.1. The minimum atomic E-state index is -1.51. The topological polar surface area (TPSA) is 100 Å². The largest absolute Gasteiger partial charge is 0.545 e. The highest BCUT2D eigenvalue weighted by atomic mass is 35.5. The van der Waals surface area contributed by atoms with E-state index in [1.54, 1.807) is 19.1 Å². The minimum absolute atomic E-state index is 0.447. The first-order chi connectivity index (χ1) is 15.2. The molecule has 7 nitrogen and oxygen atoms in total. The molecule has 2 aromatic carbocycles. The van der Waals surface area contributed by atoms with Gasteiger partial charge in [0.05, 0.1) is 33.3 Å². The van der Waals surface area contributed by atoms with E-state index in [2.05, 4.69) is 31.2 Å². The number of aliphatic carboxylic acids is 2. The van der Waals surface area contributed by atoms with Crippen molar-refractivity contribution in [3.05, 3.63) is 70.3 Å². The van der Waals surface area contributed by atoms with E-state index in [9.17, 15) is 14.7 Å². The number of carboxylic acid groups (broad SMARTS) is 2. The van der Waals surface area contributed by atoms with Crippen molar-refractivity contribution in [1.82, 2.24) is 0 Å². The molecule has 32 heavy (non-hydrogen) atoms. The third kappa shape index (κ3) is 7.28. The van der Waals surface area contributed by atoms with E-state index in [1.165, 1.54) is 16.7 Å². The lowest BCUT2D eigenvalue weighted by Gasteiger charge is -2.33. The zero-order chi connectivity index (χ0) is 23.7. The lowest BCUT2D eigenvalue weighted by atomic mass is 9.92. The van der Waals surface area contributed by atoms with Crippen LogP contribution in [0.3, 0.4) is 0 Å². The Kier molecular flexibility index (Phi) is 9.56. The zero-order valence-electron chi connectivity index (χ0n) is 18.4. The summed E-state index contributed by atoms with van der Waals surface area (Å²) in [5, 5.41) is 18.0. The Morgan fingerprint density at radius 1 is 1.16 bits per heavy atom. The number of methoxy groups -OCH3 is 2. The molecule has 0 aromatic heterocycles. The van der Waals surface area contributed by atoms with E-state index in [0.29, 0.717) is 18.2 Å². The molecule has 1 aliphatic rings. The summed E-state index contributed by atoms with van der Waals surface area (Å²) in [6.45, 7) is 4.58. The van der Waals surface area contributed by atoms with Crippen LogP contribution < -0.4 is 19.5 Å². The lowest BCUT2D eigenvalue weighted by Crippen LogP contribution is -3.13. The molecule has 2 N–H and O–H groups in total. The summed E-state index contributed by atoms with van der Waals surface area (Å²) in [5.41, 5.74) is 4.11. The summed E-state index contributed by atoms with van der Waals surface area (Å²) in [5.74, 6) is -1.16. The van der Waals surface area contributed by atoms with Crippen molar-refractivity contribution >= 4 is 23.5 Å². The van der Waals surface area contributed by atoms with Crippen molar-refractivity contribution in [1.29, 1.82) is 0 Å². The summed E-state index contributed by atoms with van der Waals surface area (Å²) in [6.07, 6.45) is 3.09. The number of fused-ring (bicyclic) bond motifs is 1. The third-order valence-corrected chi connectivity index (χ3v) is 5.70. The number of nitrogens with one attached hydrogen (secondary N) is 1. The predicted octanol–water partition coefficient (Wildman–Crippen LogP) is 1.48. The smallest absolute Gasteiger partial charge is 0.328 e. The van der Waals surface area contributed by atoms with Crippen LogP contribution in [0.1, 0.15) is 29.7 Å². The number of halogens is 1. The molecule has 3 rings (SSSR count). The van der Waals surface area contributed by atoms with Gasteiger partial charge in [-0.15, -0.1) is 0 Å². The monoisotopic (exact) mass is 461 g/mol. The van der Waals surface area contributed by atoms with Gasteiger partial charge in [-0.1, -0.05) is 23.7 Å². The van der Waals surface area contributed by atoms with Crippen LogP contribution in [-0.4, -0.2) is 44.4 Å². The number of benzene rings is 2. The number of hydrogen-bond acceptors (Lipinski definition) is 5. The van der Waals surface area contributed by atoms with Gasteiger partial charge in [-0.05, 0) is 48.4 Å². The van der Waals surface area contributed by atoms with Crippen molar-refractivity contribution in [2.45, 2.75) is 25.8 Å². The normalized spacial score (nSPS) is 17.1. The maximum atomic E-state index is 9.53. The first-order valence-corrected chi connectivity index (χ1v) is 10.6. The standard InChI is InChI=1S/C20H24ClNO2.C4H4O4/c1-14-18-13-20(24-3)19(23-2)12-16(18)9-11-22(14)10-8-15-4-6-17(21)7-5-15;5-3(6)1-2-4(7)8/h4-7,12-14H,8-11H2,1-3H3;1-2H,(H,5,6)(H,7,8)/b;2-1+. The van der Waals surface area contributed by atoms with Crippen LogP contribution in [0.15, 0.2) is 48.6 Å². The van der Waals surface area contributed by atoms with E-state index >= 15 is 0 Å². The van der Waals surface area contributed by atoms with Crippen molar-refractivity contribution in [2.75, 3.05) is 27.3 Å². The summed E-state index contributed by atoms with van der Waals surface area (Å²) in [6, 6.07) is 12.9. The summed E-state index contributed by atoms with van der Waals surface area (Å²) >= 11 is 5.97. The van der Waals surface area contributed by atoms with Crippen molar-refractivity contribution in [3.63, 3.8) is 0 Å². The fraction of sp³-hybridized carbons (Fsp3) is 0.333. The Morgan fingerprint density at radius 3 is 2.31 bits per heavy atom. The molecule has 8 heteroatoms. The highest BCUT2D eigenvalue weighted by molar-refractivity contribution is 6.30. The first-order valence-electron chi connectivity index (χ1n) is 10.2. The Bertz CT molecular complexity index is 942. The quantitative estimate of drug-likeness (QED) is 0.606. The van der Waals surface area contributed by atoms with Crippen LogP contribution in [0.4, 0.5) is 0 Å². The van der Waals surface area contributed by atoms with Crippen LogP contribution in [0.25, 0.3) is 0 Å². The van der Waals surface area contributed by atoms with E-state index in [0.717, 1.165) is 42.5 Å². The fourth-order valence-electron chi connectivity index (χ4n) is 3.72. The molecule has 172 valence electrons. The second-order valence-corrected chi connectivity index (χ2v) is 7.84. The molecule has 0 bridgehead atoms. The first kappa shape index (κ1) is 25.2. The van der Waals surface area contributed by atoms with Gasteiger partial charge in [0.1, 0.15) is 6.04 Å². The number of carbonyl (C=O) groups excluding carboxylic acids is 1. The van der Waals surface area contributed by atoms with Crippen LogP contribution in [0.2, 0.25) is 5.02 Å². The Labute approximate surface area is 192 Å². The average molecular weight is 462 g/mol. The lowest BCUT2D eigenvalue weighted by molar-refractivity contribution is -0.931. The molecular weight excluding hydrogens is 434 g/mol. The Balaban J connectivity index is 0.000000390. The number of carboxylic acids is 2. The highest BCUT2D eigenvalue weighted by Crippen LogP contribution is 2.33. The Hall–Kier alpha value is -3.03. The summed E-state index contributed by atoms with van der Waals surface area (Å²) in [4.78, 5) is 20.6. The highest BCUT2D eigenvalue weighted by Gasteiger charge is 2.28.